The van der Waals surface area contributed by atoms with Crippen molar-refractivity contribution in [3.05, 3.63) is 0 Å². The molecule has 2 atom stereocenters. The molecular formula is C9H16N2O3. The van der Waals surface area contributed by atoms with E-state index in [0.29, 0.717) is 25.9 Å². The summed E-state index contributed by atoms with van der Waals surface area (Å²) in [4.78, 5) is 23.6. The Morgan fingerprint density at radius 3 is 2.64 bits per heavy atom. The number of carboxylic acid groups (broad SMARTS) is 1. The first-order chi connectivity index (χ1) is 6.56. The fourth-order valence-electron chi connectivity index (χ4n) is 1.91. The van der Waals surface area contributed by atoms with Gasteiger partial charge in [0.15, 0.2) is 0 Å². The molecule has 2 unspecified atom stereocenters. The average molecular weight is 200 g/mol. The minimum atomic E-state index is -0.785. The van der Waals surface area contributed by atoms with Gasteiger partial charge in [-0.2, -0.15) is 0 Å². The van der Waals surface area contributed by atoms with Crippen molar-refractivity contribution in [3.63, 3.8) is 0 Å². The smallest absolute Gasteiger partial charge is 0.307 e. The van der Waals surface area contributed by atoms with Crippen molar-refractivity contribution in [2.45, 2.75) is 25.8 Å². The van der Waals surface area contributed by atoms with Crippen molar-refractivity contribution < 1.29 is 14.7 Å². The summed E-state index contributed by atoms with van der Waals surface area (Å²) >= 11 is 0. The quantitative estimate of drug-likeness (QED) is 0.650. The van der Waals surface area contributed by atoms with E-state index >= 15 is 0 Å². The number of amides is 1. The molecule has 0 bridgehead atoms. The molecule has 0 radical (unpaired) electrons. The van der Waals surface area contributed by atoms with Gasteiger partial charge in [0.25, 0.3) is 0 Å². The molecule has 5 heteroatoms. The SMILES string of the molecule is CCC(C(N)=O)N1CCC(C(=O)O)C1. The zero-order valence-electron chi connectivity index (χ0n) is 8.27. The Morgan fingerprint density at radius 1 is 1.64 bits per heavy atom. The van der Waals surface area contributed by atoms with Crippen LogP contribution in [0.2, 0.25) is 0 Å². The highest BCUT2D eigenvalue weighted by atomic mass is 16.4. The van der Waals surface area contributed by atoms with Gasteiger partial charge in [-0.05, 0) is 19.4 Å². The van der Waals surface area contributed by atoms with Crippen LogP contribution in [0.4, 0.5) is 0 Å². The number of carbonyl (C=O) groups is 2. The van der Waals surface area contributed by atoms with Gasteiger partial charge >= 0.3 is 5.97 Å². The van der Waals surface area contributed by atoms with Crippen molar-refractivity contribution >= 4 is 11.9 Å². The topological polar surface area (TPSA) is 83.6 Å². The van der Waals surface area contributed by atoms with Gasteiger partial charge in [-0.15, -0.1) is 0 Å². The van der Waals surface area contributed by atoms with Gasteiger partial charge in [0.1, 0.15) is 0 Å². The zero-order chi connectivity index (χ0) is 10.7. The summed E-state index contributed by atoms with van der Waals surface area (Å²) in [5, 5.41) is 8.78. The van der Waals surface area contributed by atoms with Crippen molar-refractivity contribution in [3.8, 4) is 0 Å². The predicted octanol–water partition coefficient (Wildman–Crippen LogP) is -0.343. The third-order valence-electron chi connectivity index (χ3n) is 2.72. The predicted molar refractivity (Wildman–Crippen MR) is 50.6 cm³/mol. The van der Waals surface area contributed by atoms with Gasteiger partial charge in [-0.1, -0.05) is 6.92 Å². The van der Waals surface area contributed by atoms with E-state index in [9.17, 15) is 9.59 Å². The van der Waals surface area contributed by atoms with Crippen LogP contribution in [0.1, 0.15) is 19.8 Å². The lowest BCUT2D eigenvalue weighted by molar-refractivity contribution is -0.141. The Labute approximate surface area is 82.9 Å². The number of hydrogen-bond acceptors (Lipinski definition) is 3. The molecule has 0 aromatic rings. The van der Waals surface area contributed by atoms with Gasteiger partial charge in [0.05, 0.1) is 12.0 Å². The number of carboxylic acids is 1. The molecule has 1 saturated heterocycles. The second kappa shape index (κ2) is 4.41. The summed E-state index contributed by atoms with van der Waals surface area (Å²) in [6.07, 6.45) is 1.25. The lowest BCUT2D eigenvalue weighted by atomic mass is 10.1. The van der Waals surface area contributed by atoms with Gasteiger partial charge < -0.3 is 10.8 Å². The van der Waals surface area contributed by atoms with E-state index in [2.05, 4.69) is 0 Å². The van der Waals surface area contributed by atoms with E-state index in [-0.39, 0.29) is 17.9 Å². The zero-order valence-corrected chi connectivity index (χ0v) is 8.27. The summed E-state index contributed by atoms with van der Waals surface area (Å²) in [5.74, 6) is -1.49. The number of nitrogens with zero attached hydrogens (tertiary/aromatic N) is 1. The largest absolute Gasteiger partial charge is 0.481 e. The lowest BCUT2D eigenvalue weighted by Crippen LogP contribution is -2.43. The summed E-state index contributed by atoms with van der Waals surface area (Å²) in [6.45, 7) is 2.97. The fourth-order valence-corrected chi connectivity index (χ4v) is 1.91. The van der Waals surface area contributed by atoms with E-state index in [0.717, 1.165) is 0 Å². The van der Waals surface area contributed by atoms with Crippen LogP contribution in [-0.2, 0) is 9.59 Å². The number of carbonyl (C=O) groups excluding carboxylic acids is 1. The van der Waals surface area contributed by atoms with Crippen molar-refractivity contribution in [2.24, 2.45) is 11.7 Å². The minimum Gasteiger partial charge on any atom is -0.481 e. The normalized spacial score (nSPS) is 24.8. The van der Waals surface area contributed by atoms with Crippen LogP contribution in [0.5, 0.6) is 0 Å². The second-order valence-electron chi connectivity index (χ2n) is 3.65. The highest BCUT2D eigenvalue weighted by molar-refractivity contribution is 5.80. The van der Waals surface area contributed by atoms with E-state index in [4.69, 9.17) is 10.8 Å². The standard InChI is InChI=1S/C9H16N2O3/c1-2-7(8(10)12)11-4-3-6(5-11)9(13)14/h6-7H,2-5H2,1H3,(H2,10,12)(H,13,14). The Balaban J connectivity index is 2.55. The number of likely N-dealkylation sites (tertiary alicyclic amines) is 1. The highest BCUT2D eigenvalue weighted by Crippen LogP contribution is 2.19. The summed E-state index contributed by atoms with van der Waals surface area (Å²) < 4.78 is 0. The van der Waals surface area contributed by atoms with Crippen LogP contribution in [-0.4, -0.2) is 41.0 Å². The Morgan fingerprint density at radius 2 is 2.29 bits per heavy atom. The Bertz CT molecular complexity index is 242. The number of primary amides is 1. The van der Waals surface area contributed by atoms with Crippen molar-refractivity contribution in [1.82, 2.24) is 4.90 Å². The van der Waals surface area contributed by atoms with Gasteiger partial charge in [0.2, 0.25) is 5.91 Å². The maximum Gasteiger partial charge on any atom is 0.307 e. The first-order valence-corrected chi connectivity index (χ1v) is 4.82. The van der Waals surface area contributed by atoms with Crippen LogP contribution in [0.25, 0.3) is 0 Å². The minimum absolute atomic E-state index is 0.306. The maximum absolute atomic E-state index is 11.0. The molecule has 1 heterocycles. The van der Waals surface area contributed by atoms with Crippen LogP contribution in [0.15, 0.2) is 0 Å². The number of aliphatic carboxylic acids is 1. The molecule has 0 aliphatic carbocycles. The fraction of sp³-hybridized carbons (Fsp3) is 0.778. The third-order valence-corrected chi connectivity index (χ3v) is 2.72. The summed E-state index contributed by atoms with van der Waals surface area (Å²) in [6, 6.07) is -0.306. The molecule has 1 fully saturated rings. The highest BCUT2D eigenvalue weighted by Gasteiger charge is 2.33. The van der Waals surface area contributed by atoms with Crippen LogP contribution in [0.3, 0.4) is 0 Å². The monoisotopic (exact) mass is 200 g/mol. The van der Waals surface area contributed by atoms with E-state index < -0.39 is 5.97 Å². The van der Waals surface area contributed by atoms with Crippen LogP contribution in [0, 0.1) is 5.92 Å². The molecule has 0 aromatic heterocycles. The second-order valence-corrected chi connectivity index (χ2v) is 3.65. The molecule has 0 spiro atoms. The van der Waals surface area contributed by atoms with Crippen LogP contribution >= 0.6 is 0 Å². The molecule has 3 N–H and O–H groups in total. The average Bonchev–Trinajstić information content (AvgIpc) is 2.53. The lowest BCUT2D eigenvalue weighted by Gasteiger charge is -2.23. The molecule has 1 aliphatic heterocycles. The van der Waals surface area contributed by atoms with Gasteiger partial charge in [-0.25, -0.2) is 0 Å². The van der Waals surface area contributed by atoms with Gasteiger partial charge in [-0.3, -0.25) is 14.5 Å². The molecule has 5 nitrogen and oxygen atoms in total. The number of rotatable bonds is 4. The molecular weight excluding hydrogens is 184 g/mol. The molecule has 1 amide bonds. The first kappa shape index (κ1) is 11.0. The molecule has 1 rings (SSSR count). The molecule has 0 aromatic carbocycles. The Kier molecular flexibility index (Phi) is 3.46. The number of hydrogen-bond donors (Lipinski definition) is 2. The third kappa shape index (κ3) is 2.23. The van der Waals surface area contributed by atoms with Crippen molar-refractivity contribution in [2.75, 3.05) is 13.1 Å². The number of nitrogens with two attached hydrogens (primary N) is 1. The van der Waals surface area contributed by atoms with Gasteiger partial charge in [0, 0.05) is 6.54 Å². The Hall–Kier alpha value is -1.10. The van der Waals surface area contributed by atoms with Crippen LogP contribution < -0.4 is 5.73 Å². The summed E-state index contributed by atoms with van der Waals surface area (Å²) in [5.41, 5.74) is 5.22. The molecule has 0 saturated carbocycles. The van der Waals surface area contributed by atoms with E-state index in [1.54, 1.807) is 0 Å². The molecule has 1 aliphatic rings. The summed E-state index contributed by atoms with van der Waals surface area (Å²) in [7, 11) is 0. The van der Waals surface area contributed by atoms with E-state index in [1.807, 2.05) is 11.8 Å². The molecule has 80 valence electrons. The first-order valence-electron chi connectivity index (χ1n) is 4.82. The maximum atomic E-state index is 11.0. The van der Waals surface area contributed by atoms with Crippen molar-refractivity contribution in [1.29, 1.82) is 0 Å². The molecule has 14 heavy (non-hydrogen) atoms. The van der Waals surface area contributed by atoms with E-state index in [1.165, 1.54) is 0 Å².